The minimum absolute atomic E-state index is 0.371. The molecule has 0 radical (unpaired) electrons. The van der Waals surface area contributed by atoms with Crippen LogP contribution in [0.3, 0.4) is 0 Å². The number of fused-ring (bicyclic) bond motifs is 1. The molecule has 0 fully saturated rings. The van der Waals surface area contributed by atoms with Gasteiger partial charge in [-0.1, -0.05) is 19.9 Å². The molecular formula is C15H22N2O. The molecule has 3 heteroatoms. The Morgan fingerprint density at radius 1 is 1.33 bits per heavy atom. The third kappa shape index (κ3) is 2.85. The van der Waals surface area contributed by atoms with E-state index in [1.807, 2.05) is 18.3 Å². The second-order valence-corrected chi connectivity index (χ2v) is 5.42. The average molecular weight is 246 g/mol. The number of aromatic hydroxyl groups is 1. The van der Waals surface area contributed by atoms with Crippen LogP contribution in [0.1, 0.15) is 19.4 Å². The number of hydrogen-bond donors (Lipinski definition) is 2. The Bertz CT molecular complexity index is 516. The fraction of sp³-hybridized carbons (Fsp3) is 0.467. The maximum atomic E-state index is 9.92. The Hall–Kier alpha value is -1.48. The number of phenolic OH excluding ortho intramolecular Hbond substituents is 1. The van der Waals surface area contributed by atoms with Crippen molar-refractivity contribution in [3.63, 3.8) is 0 Å². The Kier molecular flexibility index (Phi) is 3.92. The third-order valence-electron chi connectivity index (χ3n) is 3.21. The van der Waals surface area contributed by atoms with Crippen molar-refractivity contribution in [3.05, 3.63) is 30.0 Å². The van der Waals surface area contributed by atoms with E-state index in [9.17, 15) is 5.11 Å². The molecule has 0 aliphatic heterocycles. The van der Waals surface area contributed by atoms with E-state index in [0.717, 1.165) is 30.4 Å². The molecule has 2 rings (SSSR count). The summed E-state index contributed by atoms with van der Waals surface area (Å²) < 4.78 is 0. The Labute approximate surface area is 108 Å². The first-order valence-corrected chi connectivity index (χ1v) is 6.54. The van der Waals surface area contributed by atoms with Crippen LogP contribution in [-0.4, -0.2) is 35.1 Å². The van der Waals surface area contributed by atoms with Gasteiger partial charge in [-0.3, -0.25) is 0 Å². The number of benzene rings is 1. The summed E-state index contributed by atoms with van der Waals surface area (Å²) in [6.45, 7) is 6.58. The smallest absolute Gasteiger partial charge is 0.125 e. The first-order valence-electron chi connectivity index (χ1n) is 6.54. The quantitative estimate of drug-likeness (QED) is 0.851. The van der Waals surface area contributed by atoms with E-state index in [4.69, 9.17) is 0 Å². The van der Waals surface area contributed by atoms with Gasteiger partial charge in [-0.25, -0.2) is 0 Å². The number of likely N-dealkylation sites (N-methyl/N-ethyl adjacent to an activating group) is 1. The first kappa shape index (κ1) is 13.0. The van der Waals surface area contributed by atoms with Crippen molar-refractivity contribution < 1.29 is 5.11 Å². The van der Waals surface area contributed by atoms with E-state index in [1.165, 1.54) is 5.56 Å². The molecule has 2 aromatic rings. The molecule has 3 nitrogen and oxygen atoms in total. The van der Waals surface area contributed by atoms with Gasteiger partial charge in [-0.2, -0.15) is 0 Å². The summed E-state index contributed by atoms with van der Waals surface area (Å²) in [5.41, 5.74) is 2.20. The van der Waals surface area contributed by atoms with Crippen molar-refractivity contribution in [1.82, 2.24) is 9.88 Å². The molecule has 18 heavy (non-hydrogen) atoms. The number of nitrogens with zero attached hydrogens (tertiary/aromatic N) is 1. The summed E-state index contributed by atoms with van der Waals surface area (Å²) in [6, 6.07) is 5.61. The summed E-state index contributed by atoms with van der Waals surface area (Å²) in [5, 5.41) is 10.9. The van der Waals surface area contributed by atoms with Crippen LogP contribution in [-0.2, 0) is 6.42 Å². The Balaban J connectivity index is 2.08. The number of H-pyrrole nitrogens is 1. The van der Waals surface area contributed by atoms with Gasteiger partial charge in [0.25, 0.3) is 0 Å². The molecule has 1 heterocycles. The summed E-state index contributed by atoms with van der Waals surface area (Å²) in [7, 11) is 2.15. The molecule has 0 atom stereocenters. The number of phenols is 1. The fourth-order valence-corrected chi connectivity index (χ4v) is 2.46. The van der Waals surface area contributed by atoms with Crippen LogP contribution in [0.2, 0.25) is 0 Å². The van der Waals surface area contributed by atoms with Gasteiger partial charge in [-0.15, -0.1) is 0 Å². The molecule has 0 aliphatic carbocycles. The summed E-state index contributed by atoms with van der Waals surface area (Å²) in [6.07, 6.45) is 2.97. The van der Waals surface area contributed by atoms with E-state index >= 15 is 0 Å². The van der Waals surface area contributed by atoms with Crippen molar-refractivity contribution >= 4 is 10.9 Å². The van der Waals surface area contributed by atoms with E-state index in [-0.39, 0.29) is 0 Å². The zero-order valence-corrected chi connectivity index (χ0v) is 11.4. The van der Waals surface area contributed by atoms with E-state index in [0.29, 0.717) is 11.7 Å². The van der Waals surface area contributed by atoms with Crippen LogP contribution in [0, 0.1) is 5.92 Å². The molecule has 0 bridgehead atoms. The van der Waals surface area contributed by atoms with Crippen molar-refractivity contribution in [2.45, 2.75) is 20.3 Å². The summed E-state index contributed by atoms with van der Waals surface area (Å²) in [4.78, 5) is 5.55. The minimum atomic E-state index is 0.371. The lowest BCUT2D eigenvalue weighted by Crippen LogP contribution is -2.25. The molecule has 0 aliphatic rings. The van der Waals surface area contributed by atoms with Crippen LogP contribution in [0.4, 0.5) is 0 Å². The lowest BCUT2D eigenvalue weighted by Gasteiger charge is -2.18. The predicted octanol–water partition coefficient (Wildman–Crippen LogP) is 3.00. The van der Waals surface area contributed by atoms with Gasteiger partial charge >= 0.3 is 0 Å². The van der Waals surface area contributed by atoms with Crippen LogP contribution in [0.5, 0.6) is 5.75 Å². The lowest BCUT2D eigenvalue weighted by atomic mass is 10.1. The summed E-state index contributed by atoms with van der Waals surface area (Å²) >= 11 is 0. The average Bonchev–Trinajstić information content (AvgIpc) is 2.70. The van der Waals surface area contributed by atoms with Crippen LogP contribution in [0.25, 0.3) is 10.9 Å². The predicted molar refractivity (Wildman–Crippen MR) is 76.0 cm³/mol. The number of rotatable bonds is 5. The van der Waals surface area contributed by atoms with E-state index in [2.05, 4.69) is 30.8 Å². The SMILES string of the molecule is CC(C)CN(C)CCc1c[nH]c2cccc(O)c12. The highest BCUT2D eigenvalue weighted by Gasteiger charge is 2.09. The fourth-order valence-electron chi connectivity index (χ4n) is 2.46. The molecule has 98 valence electrons. The van der Waals surface area contributed by atoms with Gasteiger partial charge in [0.15, 0.2) is 0 Å². The van der Waals surface area contributed by atoms with Gasteiger partial charge in [0.1, 0.15) is 5.75 Å². The number of aromatic nitrogens is 1. The van der Waals surface area contributed by atoms with Gasteiger partial charge < -0.3 is 15.0 Å². The van der Waals surface area contributed by atoms with Gasteiger partial charge in [0, 0.05) is 30.2 Å². The second-order valence-electron chi connectivity index (χ2n) is 5.42. The molecule has 2 N–H and O–H groups in total. The standard InChI is InChI=1S/C15H22N2O/c1-11(2)10-17(3)8-7-12-9-16-13-5-4-6-14(18)15(12)13/h4-6,9,11,16,18H,7-8,10H2,1-3H3. The van der Waals surface area contributed by atoms with E-state index in [1.54, 1.807) is 6.07 Å². The molecule has 1 aromatic carbocycles. The maximum absolute atomic E-state index is 9.92. The maximum Gasteiger partial charge on any atom is 0.125 e. The molecule has 0 amide bonds. The normalized spacial score (nSPS) is 11.8. The number of nitrogens with one attached hydrogen (secondary N) is 1. The topological polar surface area (TPSA) is 39.3 Å². The largest absolute Gasteiger partial charge is 0.507 e. The van der Waals surface area contributed by atoms with Crippen molar-refractivity contribution in [1.29, 1.82) is 0 Å². The monoisotopic (exact) mass is 246 g/mol. The van der Waals surface area contributed by atoms with Crippen LogP contribution >= 0.6 is 0 Å². The Morgan fingerprint density at radius 2 is 2.11 bits per heavy atom. The van der Waals surface area contributed by atoms with Gasteiger partial charge in [0.2, 0.25) is 0 Å². The highest BCUT2D eigenvalue weighted by molar-refractivity contribution is 5.88. The van der Waals surface area contributed by atoms with Crippen molar-refractivity contribution in [3.8, 4) is 5.75 Å². The molecule has 0 unspecified atom stereocenters. The van der Waals surface area contributed by atoms with Crippen LogP contribution in [0.15, 0.2) is 24.4 Å². The summed E-state index contributed by atoms with van der Waals surface area (Å²) in [5.74, 6) is 1.06. The molecule has 0 saturated heterocycles. The highest BCUT2D eigenvalue weighted by atomic mass is 16.3. The molecule has 0 saturated carbocycles. The third-order valence-corrected chi connectivity index (χ3v) is 3.21. The zero-order chi connectivity index (χ0) is 13.1. The zero-order valence-electron chi connectivity index (χ0n) is 11.4. The molecule has 0 spiro atoms. The van der Waals surface area contributed by atoms with Crippen molar-refractivity contribution in [2.75, 3.05) is 20.1 Å². The first-order chi connectivity index (χ1) is 8.58. The number of hydrogen-bond acceptors (Lipinski definition) is 2. The minimum Gasteiger partial charge on any atom is -0.507 e. The van der Waals surface area contributed by atoms with Gasteiger partial charge in [-0.05, 0) is 37.1 Å². The Morgan fingerprint density at radius 3 is 2.83 bits per heavy atom. The number of aromatic amines is 1. The molecular weight excluding hydrogens is 224 g/mol. The van der Waals surface area contributed by atoms with Gasteiger partial charge in [0.05, 0.1) is 0 Å². The highest BCUT2D eigenvalue weighted by Crippen LogP contribution is 2.27. The van der Waals surface area contributed by atoms with E-state index < -0.39 is 0 Å². The molecule has 1 aromatic heterocycles. The second kappa shape index (κ2) is 5.44. The van der Waals surface area contributed by atoms with Crippen molar-refractivity contribution in [2.24, 2.45) is 5.92 Å². The lowest BCUT2D eigenvalue weighted by molar-refractivity contribution is 0.299. The van der Waals surface area contributed by atoms with Crippen LogP contribution < -0.4 is 0 Å².